The molecule has 0 aromatic heterocycles. The number of rotatable bonds is 5. The van der Waals surface area contributed by atoms with Crippen molar-refractivity contribution in [1.29, 1.82) is 0 Å². The monoisotopic (exact) mass is 236 g/mol. The van der Waals surface area contributed by atoms with E-state index in [1.807, 2.05) is 7.05 Å². The molecule has 0 aliphatic heterocycles. The second-order valence-electron chi connectivity index (χ2n) is 4.38. The summed E-state index contributed by atoms with van der Waals surface area (Å²) >= 11 is 0. The van der Waals surface area contributed by atoms with Crippen LogP contribution in [0.4, 0.5) is 0 Å². The number of hydrogen-bond donors (Lipinski definition) is 2. The lowest BCUT2D eigenvalue weighted by Gasteiger charge is -2.20. The molecular weight excluding hydrogens is 216 g/mol. The van der Waals surface area contributed by atoms with Crippen LogP contribution in [-0.4, -0.2) is 42.1 Å². The quantitative estimate of drug-likeness (QED) is 0.814. The van der Waals surface area contributed by atoms with Crippen LogP contribution in [0.25, 0.3) is 0 Å². The van der Waals surface area contributed by atoms with Crippen molar-refractivity contribution in [3.05, 3.63) is 29.8 Å². The summed E-state index contributed by atoms with van der Waals surface area (Å²) in [5.41, 5.74) is 0.484. The van der Waals surface area contributed by atoms with Crippen LogP contribution in [0.3, 0.4) is 0 Å². The van der Waals surface area contributed by atoms with Crippen molar-refractivity contribution in [2.45, 2.75) is 19.9 Å². The number of carbonyl (C=O) groups excluding carboxylic acids is 1. The van der Waals surface area contributed by atoms with Crippen LogP contribution in [-0.2, 0) is 0 Å². The lowest BCUT2D eigenvalue weighted by Crippen LogP contribution is -2.36. The van der Waals surface area contributed by atoms with Gasteiger partial charge >= 0.3 is 0 Å². The third-order valence-corrected chi connectivity index (χ3v) is 2.74. The minimum Gasteiger partial charge on any atom is -0.508 e. The topological polar surface area (TPSA) is 52.6 Å². The number of nitrogens with one attached hydrogen (secondary N) is 1. The maximum atomic E-state index is 11.7. The van der Waals surface area contributed by atoms with E-state index < -0.39 is 0 Å². The van der Waals surface area contributed by atoms with E-state index in [0.29, 0.717) is 18.2 Å². The van der Waals surface area contributed by atoms with Crippen molar-refractivity contribution < 1.29 is 9.90 Å². The van der Waals surface area contributed by atoms with E-state index in [1.54, 1.807) is 18.2 Å². The van der Waals surface area contributed by atoms with Gasteiger partial charge in [-0.3, -0.25) is 4.79 Å². The number of phenolic OH excluding ortho intramolecular Hbond substituents is 1. The third kappa shape index (κ3) is 4.44. The molecule has 1 aromatic rings. The predicted molar refractivity (Wildman–Crippen MR) is 68.2 cm³/mol. The highest BCUT2D eigenvalue weighted by atomic mass is 16.3. The predicted octanol–water partition coefficient (Wildman–Crippen LogP) is 1.46. The molecule has 0 atom stereocenters. The minimum absolute atomic E-state index is 0.108. The highest BCUT2D eigenvalue weighted by molar-refractivity contribution is 5.94. The average Bonchev–Trinajstić information content (AvgIpc) is 2.28. The molecule has 0 aliphatic rings. The van der Waals surface area contributed by atoms with Crippen molar-refractivity contribution >= 4 is 5.91 Å². The fraction of sp³-hybridized carbons (Fsp3) is 0.462. The summed E-state index contributed by atoms with van der Waals surface area (Å²) in [6.07, 6.45) is 0. The number of hydrogen-bond acceptors (Lipinski definition) is 3. The van der Waals surface area contributed by atoms with Crippen molar-refractivity contribution in [3.8, 4) is 5.75 Å². The molecule has 1 rings (SSSR count). The average molecular weight is 236 g/mol. The van der Waals surface area contributed by atoms with Gasteiger partial charge in [0.15, 0.2) is 0 Å². The Morgan fingerprint density at radius 2 is 2.18 bits per heavy atom. The molecule has 0 radical (unpaired) electrons. The van der Waals surface area contributed by atoms with Gasteiger partial charge in [0, 0.05) is 24.7 Å². The summed E-state index contributed by atoms with van der Waals surface area (Å²) in [5.74, 6) is -0.0463. The third-order valence-electron chi connectivity index (χ3n) is 2.74. The second kappa shape index (κ2) is 6.25. The van der Waals surface area contributed by atoms with Gasteiger partial charge in [-0.2, -0.15) is 0 Å². The summed E-state index contributed by atoms with van der Waals surface area (Å²) < 4.78 is 0. The maximum absolute atomic E-state index is 11.7. The van der Waals surface area contributed by atoms with Crippen LogP contribution in [0.1, 0.15) is 24.2 Å². The molecular formula is C13H20N2O2. The van der Waals surface area contributed by atoms with E-state index in [2.05, 4.69) is 24.1 Å². The van der Waals surface area contributed by atoms with Gasteiger partial charge in [0.1, 0.15) is 5.75 Å². The number of likely N-dealkylation sites (N-methyl/N-ethyl adjacent to an activating group) is 1. The summed E-state index contributed by atoms with van der Waals surface area (Å²) in [5, 5.41) is 12.1. The zero-order valence-electron chi connectivity index (χ0n) is 10.6. The lowest BCUT2D eigenvalue weighted by atomic mass is 10.2. The first kappa shape index (κ1) is 13.5. The van der Waals surface area contributed by atoms with E-state index in [0.717, 1.165) is 6.54 Å². The number of phenols is 1. The van der Waals surface area contributed by atoms with Gasteiger partial charge in [-0.25, -0.2) is 0 Å². The summed E-state index contributed by atoms with van der Waals surface area (Å²) in [4.78, 5) is 13.9. The molecule has 1 amide bonds. The highest BCUT2D eigenvalue weighted by Gasteiger charge is 2.07. The standard InChI is InChI=1S/C13H20N2O2/c1-10(2)15(3)8-7-14-13(17)11-5-4-6-12(16)9-11/h4-6,9-10,16H,7-8H2,1-3H3,(H,14,17). The SMILES string of the molecule is CC(C)N(C)CCNC(=O)c1cccc(O)c1. The molecule has 0 saturated heterocycles. The summed E-state index contributed by atoms with van der Waals surface area (Å²) in [7, 11) is 2.02. The molecule has 1 aromatic carbocycles. The summed E-state index contributed by atoms with van der Waals surface area (Å²) in [6.45, 7) is 5.62. The Bertz CT molecular complexity index is 377. The van der Waals surface area contributed by atoms with Gasteiger partial charge in [0.25, 0.3) is 5.91 Å². The number of benzene rings is 1. The molecule has 0 spiro atoms. The fourth-order valence-corrected chi connectivity index (χ4v) is 1.35. The smallest absolute Gasteiger partial charge is 0.251 e. The maximum Gasteiger partial charge on any atom is 0.251 e. The van der Waals surface area contributed by atoms with E-state index in [4.69, 9.17) is 0 Å². The Balaban J connectivity index is 2.40. The van der Waals surface area contributed by atoms with E-state index >= 15 is 0 Å². The van der Waals surface area contributed by atoms with Crippen LogP contribution in [0.5, 0.6) is 5.75 Å². The lowest BCUT2D eigenvalue weighted by molar-refractivity contribution is 0.0947. The molecule has 0 saturated carbocycles. The second-order valence-corrected chi connectivity index (χ2v) is 4.38. The van der Waals surface area contributed by atoms with Gasteiger partial charge < -0.3 is 15.3 Å². The molecule has 2 N–H and O–H groups in total. The number of aromatic hydroxyl groups is 1. The van der Waals surface area contributed by atoms with E-state index in [1.165, 1.54) is 6.07 Å². The van der Waals surface area contributed by atoms with Crippen molar-refractivity contribution in [3.63, 3.8) is 0 Å². The van der Waals surface area contributed by atoms with E-state index in [9.17, 15) is 9.90 Å². The van der Waals surface area contributed by atoms with Crippen molar-refractivity contribution in [1.82, 2.24) is 10.2 Å². The molecule has 0 bridgehead atoms. The van der Waals surface area contributed by atoms with Crippen LogP contribution in [0, 0.1) is 0 Å². The first-order valence-electron chi connectivity index (χ1n) is 5.78. The van der Waals surface area contributed by atoms with Crippen LogP contribution < -0.4 is 5.32 Å². The molecule has 0 fully saturated rings. The molecule has 0 aliphatic carbocycles. The zero-order valence-corrected chi connectivity index (χ0v) is 10.6. The van der Waals surface area contributed by atoms with Crippen molar-refractivity contribution in [2.75, 3.05) is 20.1 Å². The number of amides is 1. The molecule has 0 heterocycles. The normalized spacial score (nSPS) is 10.9. The van der Waals surface area contributed by atoms with Gasteiger partial charge in [0.05, 0.1) is 0 Å². The Hall–Kier alpha value is -1.55. The van der Waals surface area contributed by atoms with Crippen LogP contribution in [0.15, 0.2) is 24.3 Å². The zero-order chi connectivity index (χ0) is 12.8. The minimum atomic E-state index is -0.155. The Kier molecular flexibility index (Phi) is 4.97. The van der Waals surface area contributed by atoms with Gasteiger partial charge in [-0.05, 0) is 39.1 Å². The largest absolute Gasteiger partial charge is 0.508 e. The molecule has 4 heteroatoms. The number of carbonyl (C=O) groups is 1. The Morgan fingerprint density at radius 3 is 2.76 bits per heavy atom. The molecule has 4 nitrogen and oxygen atoms in total. The highest BCUT2D eigenvalue weighted by Crippen LogP contribution is 2.10. The van der Waals surface area contributed by atoms with Gasteiger partial charge in [-0.1, -0.05) is 6.07 Å². The number of nitrogens with zero attached hydrogens (tertiary/aromatic N) is 1. The van der Waals surface area contributed by atoms with Gasteiger partial charge in [0.2, 0.25) is 0 Å². The van der Waals surface area contributed by atoms with Crippen molar-refractivity contribution in [2.24, 2.45) is 0 Å². The Morgan fingerprint density at radius 1 is 1.47 bits per heavy atom. The first-order valence-corrected chi connectivity index (χ1v) is 5.78. The Labute approximate surface area is 102 Å². The molecule has 17 heavy (non-hydrogen) atoms. The fourth-order valence-electron chi connectivity index (χ4n) is 1.35. The first-order chi connectivity index (χ1) is 8.00. The van der Waals surface area contributed by atoms with Gasteiger partial charge in [-0.15, -0.1) is 0 Å². The molecule has 94 valence electrons. The van der Waals surface area contributed by atoms with E-state index in [-0.39, 0.29) is 11.7 Å². The molecule has 0 unspecified atom stereocenters. The van der Waals surface area contributed by atoms with Crippen LogP contribution in [0.2, 0.25) is 0 Å². The summed E-state index contributed by atoms with van der Waals surface area (Å²) in [6, 6.07) is 6.81. The van der Waals surface area contributed by atoms with Crippen LogP contribution >= 0.6 is 0 Å².